The Hall–Kier alpha value is -1.01. The van der Waals surface area contributed by atoms with Crippen LogP contribution in [0.1, 0.15) is 13.3 Å². The van der Waals surface area contributed by atoms with Crippen LogP contribution in [0, 0.1) is 0 Å². The molecule has 0 atom stereocenters. The lowest BCUT2D eigenvalue weighted by molar-refractivity contribution is -0.142. The second-order valence-electron chi connectivity index (χ2n) is 3.04. The van der Waals surface area contributed by atoms with Crippen molar-refractivity contribution in [2.24, 2.45) is 0 Å². The summed E-state index contributed by atoms with van der Waals surface area (Å²) in [6, 6.07) is 1.62. The zero-order valence-corrected chi connectivity index (χ0v) is 11.3. The van der Waals surface area contributed by atoms with Gasteiger partial charge in [-0.05, 0) is 13.2 Å². The maximum Gasteiger partial charge on any atom is 0.307 e. The molecule has 1 rings (SSSR count). The van der Waals surface area contributed by atoms with Crippen molar-refractivity contribution < 1.29 is 9.53 Å². The van der Waals surface area contributed by atoms with E-state index in [2.05, 4.69) is 15.3 Å². The Morgan fingerprint density at radius 2 is 2.35 bits per heavy atom. The van der Waals surface area contributed by atoms with Gasteiger partial charge in [-0.3, -0.25) is 4.79 Å². The molecular weight excluding hydrogens is 262 g/mol. The minimum atomic E-state index is -0.231. The Balaban J connectivity index is 2.46. The first-order valence-electron chi connectivity index (χ1n) is 5.13. The first kappa shape index (κ1) is 14.1. The zero-order chi connectivity index (χ0) is 12.7. The molecule has 5 nitrogen and oxygen atoms in total. The largest absolute Gasteiger partial charge is 0.466 e. The third kappa shape index (κ3) is 5.23. The molecule has 7 heteroatoms. The number of carbonyl (C=O) groups is 1. The predicted octanol–water partition coefficient (Wildman–Crippen LogP) is 2.22. The van der Waals surface area contributed by atoms with Gasteiger partial charge in [-0.2, -0.15) is 0 Å². The van der Waals surface area contributed by atoms with Crippen molar-refractivity contribution >= 4 is 35.1 Å². The maximum absolute atomic E-state index is 11.1. The minimum absolute atomic E-state index is 0.231. The van der Waals surface area contributed by atoms with Gasteiger partial charge in [0, 0.05) is 12.6 Å². The van der Waals surface area contributed by atoms with E-state index in [0.717, 1.165) is 0 Å². The van der Waals surface area contributed by atoms with E-state index in [4.69, 9.17) is 16.3 Å². The molecule has 0 fully saturated rings. The highest BCUT2D eigenvalue weighted by Gasteiger charge is 2.04. The third-order valence-corrected chi connectivity index (χ3v) is 2.54. The normalized spacial score (nSPS) is 10.1. The van der Waals surface area contributed by atoms with Crippen molar-refractivity contribution in [3.8, 4) is 0 Å². The van der Waals surface area contributed by atoms with Crippen molar-refractivity contribution in [2.75, 3.05) is 24.7 Å². The molecular formula is C10H14ClN3O2S. The molecule has 1 aromatic rings. The fourth-order valence-corrected chi connectivity index (χ4v) is 1.72. The molecule has 1 heterocycles. The number of aromatic nitrogens is 2. The van der Waals surface area contributed by atoms with E-state index in [0.29, 0.717) is 35.7 Å². The van der Waals surface area contributed by atoms with Gasteiger partial charge in [-0.25, -0.2) is 9.97 Å². The molecule has 0 aliphatic carbocycles. The van der Waals surface area contributed by atoms with Crippen LogP contribution in [-0.4, -0.2) is 35.3 Å². The van der Waals surface area contributed by atoms with E-state index in [-0.39, 0.29) is 5.97 Å². The number of halogens is 1. The lowest BCUT2D eigenvalue weighted by Gasteiger charge is -2.06. The van der Waals surface area contributed by atoms with Crippen LogP contribution in [0.5, 0.6) is 0 Å². The molecule has 94 valence electrons. The summed E-state index contributed by atoms with van der Waals surface area (Å²) in [5, 5.41) is 3.97. The number of nitrogens with zero attached hydrogens (tertiary/aromatic N) is 2. The molecule has 0 aromatic carbocycles. The predicted molar refractivity (Wildman–Crippen MR) is 68.6 cm³/mol. The molecule has 0 saturated heterocycles. The van der Waals surface area contributed by atoms with Crippen molar-refractivity contribution in [2.45, 2.75) is 18.5 Å². The lowest BCUT2D eigenvalue weighted by Crippen LogP contribution is -2.12. The van der Waals surface area contributed by atoms with Crippen molar-refractivity contribution in [1.29, 1.82) is 0 Å². The van der Waals surface area contributed by atoms with Crippen LogP contribution in [0.4, 0.5) is 5.82 Å². The second kappa shape index (κ2) is 7.34. The molecule has 0 amide bonds. The lowest BCUT2D eigenvalue weighted by atomic mass is 10.4. The van der Waals surface area contributed by atoms with Crippen LogP contribution >= 0.6 is 23.4 Å². The molecule has 0 radical (unpaired) electrons. The van der Waals surface area contributed by atoms with Gasteiger partial charge in [0.25, 0.3) is 0 Å². The van der Waals surface area contributed by atoms with Crippen molar-refractivity contribution in [3.63, 3.8) is 0 Å². The van der Waals surface area contributed by atoms with E-state index in [1.807, 2.05) is 6.26 Å². The van der Waals surface area contributed by atoms with Crippen LogP contribution in [0.25, 0.3) is 0 Å². The van der Waals surface area contributed by atoms with E-state index < -0.39 is 0 Å². The summed E-state index contributed by atoms with van der Waals surface area (Å²) >= 11 is 7.23. The zero-order valence-electron chi connectivity index (χ0n) is 9.70. The SMILES string of the molecule is CCOC(=O)CCNc1cc(Cl)nc(SC)n1. The number of ether oxygens (including phenoxy) is 1. The molecule has 0 aliphatic rings. The number of rotatable bonds is 6. The molecule has 0 unspecified atom stereocenters. The van der Waals surface area contributed by atoms with Crippen LogP contribution in [0.15, 0.2) is 11.2 Å². The smallest absolute Gasteiger partial charge is 0.307 e. The molecule has 0 aliphatic heterocycles. The molecule has 1 aromatic heterocycles. The number of nitrogens with one attached hydrogen (secondary N) is 1. The number of esters is 1. The van der Waals surface area contributed by atoms with Crippen LogP contribution in [-0.2, 0) is 9.53 Å². The fourth-order valence-electron chi connectivity index (χ4n) is 1.10. The van der Waals surface area contributed by atoms with Gasteiger partial charge in [0.1, 0.15) is 11.0 Å². The molecule has 0 spiro atoms. The van der Waals surface area contributed by atoms with Gasteiger partial charge in [0.15, 0.2) is 5.16 Å². The van der Waals surface area contributed by atoms with Gasteiger partial charge < -0.3 is 10.1 Å². The highest BCUT2D eigenvalue weighted by Crippen LogP contribution is 2.16. The van der Waals surface area contributed by atoms with Gasteiger partial charge in [-0.1, -0.05) is 23.4 Å². The minimum Gasteiger partial charge on any atom is -0.466 e. The van der Waals surface area contributed by atoms with E-state index in [1.54, 1.807) is 13.0 Å². The molecule has 1 N–H and O–H groups in total. The van der Waals surface area contributed by atoms with E-state index >= 15 is 0 Å². The van der Waals surface area contributed by atoms with Gasteiger partial charge in [0.2, 0.25) is 0 Å². The van der Waals surface area contributed by atoms with Crippen molar-refractivity contribution in [1.82, 2.24) is 9.97 Å². The summed E-state index contributed by atoms with van der Waals surface area (Å²) in [6.07, 6.45) is 2.16. The number of hydrogen-bond acceptors (Lipinski definition) is 6. The molecule has 0 bridgehead atoms. The Kier molecular flexibility index (Phi) is 6.07. The quantitative estimate of drug-likeness (QED) is 0.372. The second-order valence-corrected chi connectivity index (χ2v) is 4.21. The summed E-state index contributed by atoms with van der Waals surface area (Å²) in [4.78, 5) is 19.3. The molecule has 0 saturated carbocycles. The fraction of sp³-hybridized carbons (Fsp3) is 0.500. The summed E-state index contributed by atoms with van der Waals surface area (Å²) < 4.78 is 4.81. The maximum atomic E-state index is 11.1. The highest BCUT2D eigenvalue weighted by atomic mass is 35.5. The third-order valence-electron chi connectivity index (χ3n) is 1.80. The van der Waals surface area contributed by atoms with Gasteiger partial charge in [-0.15, -0.1) is 0 Å². The average molecular weight is 276 g/mol. The first-order chi connectivity index (χ1) is 8.15. The number of thioether (sulfide) groups is 1. The number of anilines is 1. The monoisotopic (exact) mass is 275 g/mol. The number of hydrogen-bond donors (Lipinski definition) is 1. The summed E-state index contributed by atoms with van der Waals surface area (Å²) in [7, 11) is 0. The van der Waals surface area contributed by atoms with Crippen LogP contribution < -0.4 is 5.32 Å². The average Bonchev–Trinajstić information content (AvgIpc) is 2.28. The Morgan fingerprint density at radius 1 is 1.59 bits per heavy atom. The standard InChI is InChI=1S/C10H14ClN3O2S/c1-3-16-9(15)4-5-12-8-6-7(11)13-10(14-8)17-2/h6H,3-5H2,1-2H3,(H,12,13,14). The molecule has 17 heavy (non-hydrogen) atoms. The Morgan fingerprint density at radius 3 is 3.00 bits per heavy atom. The van der Waals surface area contributed by atoms with E-state index in [9.17, 15) is 4.79 Å². The summed E-state index contributed by atoms with van der Waals surface area (Å²) in [5.74, 6) is 0.379. The highest BCUT2D eigenvalue weighted by molar-refractivity contribution is 7.98. The Bertz CT molecular complexity index is 390. The first-order valence-corrected chi connectivity index (χ1v) is 6.74. The van der Waals surface area contributed by atoms with Gasteiger partial charge >= 0.3 is 5.97 Å². The van der Waals surface area contributed by atoms with Gasteiger partial charge in [0.05, 0.1) is 13.0 Å². The summed E-state index contributed by atoms with van der Waals surface area (Å²) in [5.41, 5.74) is 0. The summed E-state index contributed by atoms with van der Waals surface area (Å²) in [6.45, 7) is 2.63. The Labute approximate surface area is 109 Å². The van der Waals surface area contributed by atoms with E-state index in [1.165, 1.54) is 11.8 Å². The van der Waals surface area contributed by atoms with Crippen LogP contribution in [0.2, 0.25) is 5.15 Å². The topological polar surface area (TPSA) is 64.1 Å². The number of carbonyl (C=O) groups excluding carboxylic acids is 1. The van der Waals surface area contributed by atoms with Crippen LogP contribution in [0.3, 0.4) is 0 Å². The van der Waals surface area contributed by atoms with Crippen molar-refractivity contribution in [3.05, 3.63) is 11.2 Å².